The standard InChI is InChI=1S/C21H14Cl2N2O2/c1-12-9-10-14(22)11-16(12)24-19-18(23)20(26)25(21(19)27)17-8-4-6-13-5-2-3-7-15(13)17/h2-11,24H,1H3. The molecule has 134 valence electrons. The summed E-state index contributed by atoms with van der Waals surface area (Å²) in [5.74, 6) is -1.05. The fraction of sp³-hybridized carbons (Fsp3) is 0.0476. The second-order valence-corrected chi connectivity index (χ2v) is 7.03. The second-order valence-electron chi connectivity index (χ2n) is 6.22. The quantitative estimate of drug-likeness (QED) is 0.616. The number of rotatable bonds is 3. The van der Waals surface area contributed by atoms with Crippen molar-refractivity contribution >= 4 is 57.2 Å². The van der Waals surface area contributed by atoms with Crippen LogP contribution in [0.25, 0.3) is 10.8 Å². The largest absolute Gasteiger partial charge is 0.349 e. The van der Waals surface area contributed by atoms with Crippen LogP contribution < -0.4 is 10.2 Å². The van der Waals surface area contributed by atoms with E-state index in [1.54, 1.807) is 24.3 Å². The van der Waals surface area contributed by atoms with Crippen LogP contribution in [0.5, 0.6) is 0 Å². The molecule has 3 aromatic carbocycles. The molecule has 27 heavy (non-hydrogen) atoms. The summed E-state index contributed by atoms with van der Waals surface area (Å²) < 4.78 is 0. The summed E-state index contributed by atoms with van der Waals surface area (Å²) >= 11 is 12.3. The second kappa shape index (κ2) is 6.72. The third-order valence-corrected chi connectivity index (χ3v) is 5.08. The number of amides is 2. The van der Waals surface area contributed by atoms with Crippen molar-refractivity contribution in [1.82, 2.24) is 0 Å². The lowest BCUT2D eigenvalue weighted by Gasteiger charge is -2.17. The molecule has 0 bridgehead atoms. The molecule has 1 N–H and O–H groups in total. The van der Waals surface area contributed by atoms with Gasteiger partial charge < -0.3 is 5.32 Å². The molecule has 0 aromatic heterocycles. The van der Waals surface area contributed by atoms with Gasteiger partial charge in [-0.05, 0) is 36.1 Å². The first-order valence-corrected chi connectivity index (χ1v) is 9.02. The molecule has 0 fully saturated rings. The molecule has 3 aromatic rings. The van der Waals surface area contributed by atoms with Gasteiger partial charge in [0.15, 0.2) is 0 Å². The van der Waals surface area contributed by atoms with Crippen LogP contribution in [0, 0.1) is 6.92 Å². The zero-order valence-electron chi connectivity index (χ0n) is 14.3. The average Bonchev–Trinajstić information content (AvgIpc) is 2.87. The van der Waals surface area contributed by atoms with Gasteiger partial charge in [0.25, 0.3) is 11.8 Å². The maximum Gasteiger partial charge on any atom is 0.283 e. The highest BCUT2D eigenvalue weighted by Gasteiger charge is 2.39. The molecule has 0 saturated carbocycles. The molecule has 0 saturated heterocycles. The topological polar surface area (TPSA) is 49.4 Å². The first-order valence-electron chi connectivity index (χ1n) is 8.27. The van der Waals surface area contributed by atoms with E-state index in [0.717, 1.165) is 21.2 Å². The van der Waals surface area contributed by atoms with Crippen LogP contribution >= 0.6 is 23.2 Å². The van der Waals surface area contributed by atoms with Gasteiger partial charge in [-0.15, -0.1) is 0 Å². The molecule has 0 spiro atoms. The fourth-order valence-corrected chi connectivity index (χ4v) is 3.48. The van der Waals surface area contributed by atoms with Crippen LogP contribution in [0.15, 0.2) is 71.4 Å². The van der Waals surface area contributed by atoms with Crippen molar-refractivity contribution in [2.75, 3.05) is 10.2 Å². The van der Waals surface area contributed by atoms with Gasteiger partial charge in [0.1, 0.15) is 10.7 Å². The Morgan fingerprint density at radius 1 is 0.889 bits per heavy atom. The summed E-state index contributed by atoms with van der Waals surface area (Å²) in [6, 6.07) is 18.3. The van der Waals surface area contributed by atoms with Crippen molar-refractivity contribution in [3.05, 3.63) is 82.0 Å². The lowest BCUT2D eigenvalue weighted by atomic mass is 10.1. The number of halogens is 2. The minimum Gasteiger partial charge on any atom is -0.349 e. The molecule has 6 heteroatoms. The maximum atomic E-state index is 13.0. The number of fused-ring (bicyclic) bond motifs is 1. The smallest absolute Gasteiger partial charge is 0.283 e. The third-order valence-electron chi connectivity index (χ3n) is 4.49. The van der Waals surface area contributed by atoms with Gasteiger partial charge in [0.05, 0.1) is 5.69 Å². The minimum absolute atomic E-state index is 0.0416. The average molecular weight is 397 g/mol. The number of aryl methyl sites for hydroxylation is 1. The van der Waals surface area contributed by atoms with Gasteiger partial charge in [0, 0.05) is 16.1 Å². The Balaban J connectivity index is 1.76. The van der Waals surface area contributed by atoms with Crippen LogP contribution in [-0.4, -0.2) is 11.8 Å². The van der Waals surface area contributed by atoms with E-state index < -0.39 is 11.8 Å². The van der Waals surface area contributed by atoms with E-state index in [9.17, 15) is 9.59 Å². The summed E-state index contributed by atoms with van der Waals surface area (Å²) in [5, 5.41) is 5.08. The summed E-state index contributed by atoms with van der Waals surface area (Å²) in [6.45, 7) is 1.87. The molecule has 0 atom stereocenters. The highest BCUT2D eigenvalue weighted by molar-refractivity contribution is 6.53. The Labute approximate surface area is 166 Å². The van der Waals surface area contributed by atoms with Crippen LogP contribution in [0.2, 0.25) is 5.02 Å². The monoisotopic (exact) mass is 396 g/mol. The van der Waals surface area contributed by atoms with Gasteiger partial charge in [-0.25, -0.2) is 4.90 Å². The number of nitrogens with one attached hydrogen (secondary N) is 1. The molecule has 4 nitrogen and oxygen atoms in total. The molecule has 1 aliphatic rings. The predicted molar refractivity (Wildman–Crippen MR) is 109 cm³/mol. The normalized spacial score (nSPS) is 14.4. The van der Waals surface area contributed by atoms with Crippen molar-refractivity contribution in [1.29, 1.82) is 0 Å². The Morgan fingerprint density at radius 2 is 1.63 bits per heavy atom. The van der Waals surface area contributed by atoms with Crippen molar-refractivity contribution in [2.45, 2.75) is 6.92 Å². The molecule has 0 unspecified atom stereocenters. The van der Waals surface area contributed by atoms with Gasteiger partial charge in [-0.2, -0.15) is 0 Å². The third kappa shape index (κ3) is 2.97. The summed E-state index contributed by atoms with van der Waals surface area (Å²) in [4.78, 5) is 26.9. The Bertz CT molecular complexity index is 1130. The van der Waals surface area contributed by atoms with Crippen molar-refractivity contribution in [3.8, 4) is 0 Å². The fourth-order valence-electron chi connectivity index (χ4n) is 3.10. The zero-order valence-corrected chi connectivity index (χ0v) is 15.8. The summed E-state index contributed by atoms with van der Waals surface area (Å²) in [6.07, 6.45) is 0. The lowest BCUT2D eigenvalue weighted by molar-refractivity contribution is -0.120. The van der Waals surface area contributed by atoms with E-state index in [2.05, 4.69) is 5.32 Å². The molecule has 1 heterocycles. The number of nitrogens with zero attached hydrogens (tertiary/aromatic N) is 1. The van der Waals surface area contributed by atoms with E-state index in [1.165, 1.54) is 0 Å². The van der Waals surface area contributed by atoms with Crippen LogP contribution in [0.1, 0.15) is 5.56 Å². The van der Waals surface area contributed by atoms with Gasteiger partial charge in [0.2, 0.25) is 0 Å². The number of carbonyl (C=O) groups is 2. The highest BCUT2D eigenvalue weighted by Crippen LogP contribution is 2.35. The van der Waals surface area contributed by atoms with E-state index >= 15 is 0 Å². The molecule has 4 rings (SSSR count). The Kier molecular flexibility index (Phi) is 4.38. The van der Waals surface area contributed by atoms with Gasteiger partial charge in [-0.1, -0.05) is 65.7 Å². The molecule has 1 aliphatic heterocycles. The first kappa shape index (κ1) is 17.6. The SMILES string of the molecule is Cc1ccc(Cl)cc1NC1=C(Cl)C(=O)N(c2cccc3ccccc23)C1=O. The minimum atomic E-state index is -0.555. The molecule has 2 amide bonds. The Hall–Kier alpha value is -2.82. The van der Waals surface area contributed by atoms with Crippen molar-refractivity contribution < 1.29 is 9.59 Å². The highest BCUT2D eigenvalue weighted by atomic mass is 35.5. The molecular formula is C21H14Cl2N2O2. The number of imide groups is 1. The molecule has 0 aliphatic carbocycles. The van der Waals surface area contributed by atoms with E-state index in [4.69, 9.17) is 23.2 Å². The van der Waals surface area contributed by atoms with Gasteiger partial charge >= 0.3 is 0 Å². The Morgan fingerprint density at radius 3 is 2.44 bits per heavy atom. The van der Waals surface area contributed by atoms with Crippen LogP contribution in [0.3, 0.4) is 0 Å². The van der Waals surface area contributed by atoms with E-state index in [1.807, 2.05) is 43.3 Å². The molecular weight excluding hydrogens is 383 g/mol. The molecule has 0 radical (unpaired) electrons. The number of carbonyl (C=O) groups excluding carboxylic acids is 2. The zero-order chi connectivity index (χ0) is 19.1. The lowest BCUT2D eigenvalue weighted by Crippen LogP contribution is -2.32. The van der Waals surface area contributed by atoms with E-state index in [0.29, 0.717) is 16.4 Å². The van der Waals surface area contributed by atoms with E-state index in [-0.39, 0.29) is 10.7 Å². The van der Waals surface area contributed by atoms with Crippen LogP contribution in [0.4, 0.5) is 11.4 Å². The maximum absolute atomic E-state index is 13.0. The first-order chi connectivity index (χ1) is 13.0. The van der Waals surface area contributed by atoms with Crippen LogP contribution in [-0.2, 0) is 9.59 Å². The number of benzene rings is 3. The van der Waals surface area contributed by atoms with Gasteiger partial charge in [-0.3, -0.25) is 9.59 Å². The number of anilines is 2. The number of hydrogen-bond donors (Lipinski definition) is 1. The predicted octanol–water partition coefficient (Wildman–Crippen LogP) is 5.24. The number of hydrogen-bond acceptors (Lipinski definition) is 3. The van der Waals surface area contributed by atoms with Crippen molar-refractivity contribution in [2.24, 2.45) is 0 Å². The summed E-state index contributed by atoms with van der Waals surface area (Å²) in [7, 11) is 0. The van der Waals surface area contributed by atoms with Crippen molar-refractivity contribution in [3.63, 3.8) is 0 Å². The summed E-state index contributed by atoms with van der Waals surface area (Å²) in [5.41, 5.74) is 2.04.